The minimum absolute atomic E-state index is 0.0920. The Kier molecular flexibility index (Phi) is 1.47. The molecule has 42 valence electrons. The van der Waals surface area contributed by atoms with Gasteiger partial charge in [0.15, 0.2) is 0 Å². The first kappa shape index (κ1) is 6.05. The number of hydrogen-bond acceptors (Lipinski definition) is 1. The lowest BCUT2D eigenvalue weighted by Gasteiger charge is -1.90. The summed E-state index contributed by atoms with van der Waals surface area (Å²) in [6, 6.07) is 0. The third-order valence-electron chi connectivity index (χ3n) is 1.18. The third-order valence-corrected chi connectivity index (χ3v) is 3.12. The fourth-order valence-electron chi connectivity index (χ4n) is 0.468. The lowest BCUT2D eigenvalue weighted by Crippen LogP contribution is -1.92. The van der Waals surface area contributed by atoms with Crippen molar-refractivity contribution in [2.75, 3.05) is 6.61 Å². The van der Waals surface area contributed by atoms with Gasteiger partial charge in [-0.3, -0.25) is 0 Å². The molecule has 1 atom stereocenters. The van der Waals surface area contributed by atoms with Crippen LogP contribution in [-0.2, 0) is 0 Å². The van der Waals surface area contributed by atoms with Crippen LogP contribution in [0.3, 0.4) is 0 Å². The average molecular weight is 230 g/mol. The van der Waals surface area contributed by atoms with Crippen LogP contribution in [-0.4, -0.2) is 14.9 Å². The molecule has 0 heterocycles. The van der Waals surface area contributed by atoms with Crippen LogP contribution in [0.2, 0.25) is 0 Å². The average Bonchev–Trinajstić information content (AvgIpc) is 2.13. The second-order valence-electron chi connectivity index (χ2n) is 1.84. The molecule has 1 N–H and O–H groups in total. The Bertz CT molecular complexity index is 81.8. The zero-order valence-electron chi connectivity index (χ0n) is 3.69. The van der Waals surface area contributed by atoms with E-state index in [1.54, 1.807) is 0 Å². The highest BCUT2D eigenvalue weighted by Crippen LogP contribution is 2.55. The van der Waals surface area contributed by atoms with Crippen LogP contribution < -0.4 is 0 Å². The summed E-state index contributed by atoms with van der Waals surface area (Å²) in [5, 5.41) is 8.48. The molecule has 0 amide bonds. The van der Waals surface area contributed by atoms with Crippen LogP contribution in [0.5, 0.6) is 0 Å². The van der Waals surface area contributed by atoms with Crippen molar-refractivity contribution in [1.29, 1.82) is 0 Å². The van der Waals surface area contributed by atoms with Crippen LogP contribution in [0.1, 0.15) is 6.42 Å². The number of alkyl halides is 2. The molecule has 7 heavy (non-hydrogen) atoms. The SMILES string of the molecule is OCC1CC1(Br)Br. The summed E-state index contributed by atoms with van der Waals surface area (Å²) in [4.78, 5) is 0. The van der Waals surface area contributed by atoms with Gasteiger partial charge in [-0.1, -0.05) is 31.9 Å². The molecule has 0 spiro atoms. The quantitative estimate of drug-likeness (QED) is 0.676. The summed E-state index contributed by atoms with van der Waals surface area (Å²) in [6.07, 6.45) is 1.05. The van der Waals surface area contributed by atoms with Crippen molar-refractivity contribution in [3.05, 3.63) is 0 Å². The van der Waals surface area contributed by atoms with Gasteiger partial charge in [0.2, 0.25) is 0 Å². The monoisotopic (exact) mass is 228 g/mol. The summed E-state index contributed by atoms with van der Waals surface area (Å²) < 4.78 is 0.0920. The summed E-state index contributed by atoms with van der Waals surface area (Å²) in [5.41, 5.74) is 0. The smallest absolute Gasteiger partial charge is 0.0860 e. The molecular weight excluding hydrogens is 224 g/mol. The van der Waals surface area contributed by atoms with Crippen molar-refractivity contribution in [3.63, 3.8) is 0 Å². The summed E-state index contributed by atoms with van der Waals surface area (Å²) in [5.74, 6) is 0.437. The zero-order valence-corrected chi connectivity index (χ0v) is 6.87. The van der Waals surface area contributed by atoms with Crippen molar-refractivity contribution in [2.45, 2.75) is 9.65 Å². The van der Waals surface area contributed by atoms with Crippen LogP contribution in [0.4, 0.5) is 0 Å². The number of aliphatic hydroxyl groups excluding tert-OH is 1. The van der Waals surface area contributed by atoms with Gasteiger partial charge in [0.1, 0.15) is 0 Å². The second kappa shape index (κ2) is 1.71. The molecule has 1 nitrogen and oxygen atoms in total. The van der Waals surface area contributed by atoms with E-state index in [1.165, 1.54) is 0 Å². The lowest BCUT2D eigenvalue weighted by atomic mass is 10.5. The molecule has 1 aliphatic carbocycles. The summed E-state index contributed by atoms with van der Waals surface area (Å²) in [7, 11) is 0. The van der Waals surface area contributed by atoms with E-state index in [1.807, 2.05) is 0 Å². The van der Waals surface area contributed by atoms with Crippen molar-refractivity contribution in [3.8, 4) is 0 Å². The standard InChI is InChI=1S/C4H6Br2O/c5-4(6)1-3(4)2-7/h3,7H,1-2H2. The first-order chi connectivity index (χ1) is 3.17. The second-order valence-corrected chi connectivity index (χ2v) is 5.74. The summed E-state index contributed by atoms with van der Waals surface area (Å²) >= 11 is 6.74. The maximum Gasteiger partial charge on any atom is 0.0860 e. The normalized spacial score (nSPS) is 35.6. The van der Waals surface area contributed by atoms with Gasteiger partial charge < -0.3 is 5.11 Å². The van der Waals surface area contributed by atoms with Crippen molar-refractivity contribution in [1.82, 2.24) is 0 Å². The van der Waals surface area contributed by atoms with E-state index in [2.05, 4.69) is 31.9 Å². The number of aliphatic hydroxyl groups is 1. The van der Waals surface area contributed by atoms with Crippen molar-refractivity contribution < 1.29 is 5.11 Å². The van der Waals surface area contributed by atoms with E-state index in [0.29, 0.717) is 5.92 Å². The molecule has 1 aliphatic rings. The molecular formula is C4H6Br2O. The van der Waals surface area contributed by atoms with E-state index in [9.17, 15) is 0 Å². The molecule has 0 aromatic carbocycles. The molecule has 0 aliphatic heterocycles. The largest absolute Gasteiger partial charge is 0.396 e. The highest BCUT2D eigenvalue weighted by atomic mass is 79.9. The highest BCUT2D eigenvalue weighted by Gasteiger charge is 2.49. The lowest BCUT2D eigenvalue weighted by molar-refractivity contribution is 0.277. The van der Waals surface area contributed by atoms with Gasteiger partial charge in [-0.05, 0) is 6.42 Å². The molecule has 1 saturated carbocycles. The maximum atomic E-state index is 8.48. The van der Waals surface area contributed by atoms with Crippen LogP contribution in [0.15, 0.2) is 0 Å². The predicted molar refractivity (Wildman–Crippen MR) is 35.8 cm³/mol. The van der Waals surface area contributed by atoms with Gasteiger partial charge in [0.05, 0.1) is 3.23 Å². The molecule has 1 fully saturated rings. The molecule has 0 aromatic heterocycles. The molecule has 1 unspecified atom stereocenters. The Labute approximate surface area is 59.4 Å². The van der Waals surface area contributed by atoms with Crippen LogP contribution >= 0.6 is 31.9 Å². The van der Waals surface area contributed by atoms with Gasteiger partial charge in [-0.2, -0.15) is 0 Å². The van der Waals surface area contributed by atoms with E-state index in [4.69, 9.17) is 5.11 Å². The Hall–Kier alpha value is 0.920. The maximum absolute atomic E-state index is 8.48. The Morgan fingerprint density at radius 2 is 2.14 bits per heavy atom. The molecule has 0 aromatic rings. The van der Waals surface area contributed by atoms with E-state index < -0.39 is 0 Å². The fraction of sp³-hybridized carbons (Fsp3) is 1.00. The van der Waals surface area contributed by atoms with Gasteiger partial charge in [-0.25, -0.2) is 0 Å². The summed E-state index contributed by atoms with van der Waals surface area (Å²) in [6.45, 7) is 0.288. The molecule has 0 radical (unpaired) electrons. The minimum Gasteiger partial charge on any atom is -0.396 e. The molecule has 3 heteroatoms. The molecule has 1 rings (SSSR count). The Morgan fingerprint density at radius 3 is 2.14 bits per heavy atom. The minimum atomic E-state index is 0.0920. The number of halogens is 2. The third kappa shape index (κ3) is 1.18. The van der Waals surface area contributed by atoms with E-state index >= 15 is 0 Å². The number of rotatable bonds is 1. The van der Waals surface area contributed by atoms with E-state index in [0.717, 1.165) is 6.42 Å². The van der Waals surface area contributed by atoms with Crippen LogP contribution in [0.25, 0.3) is 0 Å². The Balaban J connectivity index is 2.30. The van der Waals surface area contributed by atoms with Gasteiger partial charge >= 0.3 is 0 Å². The van der Waals surface area contributed by atoms with Gasteiger partial charge in [0.25, 0.3) is 0 Å². The predicted octanol–water partition coefficient (Wildman–Crippen LogP) is 1.48. The first-order valence-corrected chi connectivity index (χ1v) is 3.74. The van der Waals surface area contributed by atoms with Crippen molar-refractivity contribution >= 4 is 31.9 Å². The topological polar surface area (TPSA) is 20.2 Å². The first-order valence-electron chi connectivity index (χ1n) is 2.15. The van der Waals surface area contributed by atoms with Crippen LogP contribution in [0, 0.1) is 5.92 Å². The van der Waals surface area contributed by atoms with E-state index in [-0.39, 0.29) is 9.84 Å². The number of hydrogen-bond donors (Lipinski definition) is 1. The van der Waals surface area contributed by atoms with Gasteiger partial charge in [0, 0.05) is 12.5 Å². The zero-order chi connectivity index (χ0) is 5.49. The van der Waals surface area contributed by atoms with Gasteiger partial charge in [-0.15, -0.1) is 0 Å². The highest BCUT2D eigenvalue weighted by molar-refractivity contribution is 9.25. The van der Waals surface area contributed by atoms with Crippen molar-refractivity contribution in [2.24, 2.45) is 5.92 Å². The Morgan fingerprint density at radius 1 is 1.71 bits per heavy atom. The molecule has 0 bridgehead atoms. The fourth-order valence-corrected chi connectivity index (χ4v) is 1.54. The molecule has 0 saturated heterocycles.